The number of carbonyl (C=O) groups excluding carboxylic acids is 1. The van der Waals surface area contributed by atoms with E-state index in [2.05, 4.69) is 124 Å². The highest BCUT2D eigenvalue weighted by molar-refractivity contribution is 7.89. The zero-order chi connectivity index (χ0) is 83.2. The Bertz CT molecular complexity index is 5850. The van der Waals surface area contributed by atoms with Gasteiger partial charge in [0.2, 0.25) is 30.1 Å². The number of halogens is 8. The molecule has 7 aliphatic rings. The number of allylic oxidation sites excluding steroid dienone is 6. The molecular weight excluding hydrogens is 1630 g/mol. The maximum atomic E-state index is 14.0. The first-order valence-corrected chi connectivity index (χ1v) is 45.7. The van der Waals surface area contributed by atoms with E-state index in [9.17, 15) is 47.6 Å². The van der Waals surface area contributed by atoms with Gasteiger partial charge in [0.25, 0.3) is 5.91 Å². The third-order valence-corrected chi connectivity index (χ3v) is 31.8. The molecule has 0 saturated carbocycles. The average Bonchev–Trinajstić information content (AvgIpc) is 1.76. The predicted octanol–water partition coefficient (Wildman–Crippen LogP) is 21.9. The van der Waals surface area contributed by atoms with E-state index in [1.54, 1.807) is 65.8 Å². The highest BCUT2D eigenvalue weighted by Gasteiger charge is 2.43. The predicted molar refractivity (Wildman–Crippen MR) is 461 cm³/mol. The number of aryl methyl sites for hydroxylation is 4. The smallest absolute Gasteiger partial charge is 0.361 e. The summed E-state index contributed by atoms with van der Waals surface area (Å²) < 4.78 is 139. The Kier molecular flexibility index (Phi) is 25.4. The van der Waals surface area contributed by atoms with Crippen LogP contribution >= 0.6 is 46.4 Å². The van der Waals surface area contributed by atoms with Crippen LogP contribution in [0, 0.1) is 51.3 Å². The summed E-state index contributed by atoms with van der Waals surface area (Å²) in [4.78, 5) is 18.4. The van der Waals surface area contributed by atoms with E-state index in [0.717, 1.165) is 90.7 Å². The molecule has 614 valence electrons. The van der Waals surface area contributed by atoms with Crippen molar-refractivity contribution in [3.8, 4) is 5.69 Å². The molecule has 6 heterocycles. The Morgan fingerprint density at radius 3 is 1.41 bits per heavy atom. The number of sulfonamides is 3. The molecule has 4 saturated heterocycles. The van der Waals surface area contributed by atoms with Crippen molar-refractivity contribution in [1.82, 2.24) is 32.6 Å². The molecule has 1 N–H and O–H groups in total. The fourth-order valence-electron chi connectivity index (χ4n) is 17.7. The number of aromatic amines is 1. The Morgan fingerprint density at radius 2 is 0.932 bits per heavy atom. The molecule has 17 rings (SSSR count). The molecular formula is C92H95Cl4F4N7O7S3. The first-order valence-electron chi connectivity index (χ1n) is 39.8. The number of nitrogens with zero attached hydrogens (tertiary/aromatic N) is 6. The molecule has 10 aromatic rings. The maximum Gasteiger partial charge on any atom is 0.434 e. The quantitative estimate of drug-likeness (QED) is 0.118. The van der Waals surface area contributed by atoms with Crippen molar-refractivity contribution >= 4 is 110 Å². The van der Waals surface area contributed by atoms with E-state index in [1.807, 2.05) is 18.3 Å². The van der Waals surface area contributed by atoms with Gasteiger partial charge in [0.1, 0.15) is 15.6 Å². The number of carbonyl (C=O) groups is 1. The van der Waals surface area contributed by atoms with E-state index in [4.69, 9.17) is 46.4 Å². The van der Waals surface area contributed by atoms with Crippen LogP contribution in [0.4, 0.5) is 17.6 Å². The van der Waals surface area contributed by atoms with Gasteiger partial charge >= 0.3 is 6.18 Å². The van der Waals surface area contributed by atoms with Crippen LogP contribution in [-0.2, 0) is 60.9 Å². The molecule has 0 bridgehead atoms. The van der Waals surface area contributed by atoms with Crippen LogP contribution in [0.15, 0.2) is 203 Å². The molecule has 3 aliphatic carbocycles. The summed E-state index contributed by atoms with van der Waals surface area (Å²) in [7, 11) is -10.8. The Hall–Kier alpha value is -8.19. The van der Waals surface area contributed by atoms with E-state index < -0.39 is 53.4 Å². The number of likely N-dealkylation sites (tertiary alicyclic amines) is 1. The fourth-order valence-corrected chi connectivity index (χ4v) is 24.0. The van der Waals surface area contributed by atoms with Gasteiger partial charge in [-0.25, -0.2) is 34.3 Å². The molecule has 4 fully saturated rings. The number of amides is 1. The Balaban J connectivity index is 0.000000129. The van der Waals surface area contributed by atoms with Crippen molar-refractivity contribution in [1.29, 1.82) is 0 Å². The van der Waals surface area contributed by atoms with Gasteiger partial charge in [-0.3, -0.25) is 4.79 Å². The van der Waals surface area contributed by atoms with Crippen LogP contribution in [-0.4, -0.2) is 116 Å². The van der Waals surface area contributed by atoms with Gasteiger partial charge < -0.3 is 9.88 Å². The number of hydrogen-bond donors (Lipinski definition) is 1. The number of fused-ring (bicyclic) bond motifs is 4. The van der Waals surface area contributed by atoms with Gasteiger partial charge in [-0.1, -0.05) is 176 Å². The van der Waals surface area contributed by atoms with Gasteiger partial charge in [0.15, 0.2) is 5.69 Å². The van der Waals surface area contributed by atoms with Crippen LogP contribution in [0.25, 0.3) is 33.3 Å². The van der Waals surface area contributed by atoms with Crippen LogP contribution in [0.2, 0.25) is 20.1 Å². The number of benzene rings is 8. The minimum Gasteiger partial charge on any atom is -0.361 e. The van der Waals surface area contributed by atoms with Crippen molar-refractivity contribution in [2.45, 2.75) is 151 Å². The topological polar surface area (TPSA) is 166 Å². The molecule has 14 nitrogen and oxygen atoms in total. The second kappa shape index (κ2) is 34.9. The van der Waals surface area contributed by atoms with Gasteiger partial charge in [0.05, 0.1) is 37.4 Å². The summed E-state index contributed by atoms with van der Waals surface area (Å²) in [5.74, 6) is 0.436. The van der Waals surface area contributed by atoms with E-state index in [1.165, 1.54) is 117 Å². The molecule has 117 heavy (non-hydrogen) atoms. The Morgan fingerprint density at radius 1 is 0.479 bits per heavy atom. The van der Waals surface area contributed by atoms with Gasteiger partial charge in [0, 0.05) is 74.5 Å². The van der Waals surface area contributed by atoms with Crippen LogP contribution in [0.5, 0.6) is 0 Å². The summed E-state index contributed by atoms with van der Waals surface area (Å²) in [5.41, 5.74) is 18.9. The van der Waals surface area contributed by atoms with Crippen molar-refractivity contribution in [3.63, 3.8) is 0 Å². The molecule has 0 radical (unpaired) electrons. The molecule has 1 amide bonds. The summed E-state index contributed by atoms with van der Waals surface area (Å²) in [6.07, 6.45) is 14.3. The van der Waals surface area contributed by atoms with Gasteiger partial charge in [-0.2, -0.15) is 31.2 Å². The lowest BCUT2D eigenvalue weighted by Crippen LogP contribution is -2.39. The van der Waals surface area contributed by atoms with E-state index in [0.29, 0.717) is 98.4 Å². The molecule has 0 unspecified atom stereocenters. The molecule has 25 heteroatoms. The number of nitrogens with one attached hydrogen (secondary N) is 1. The molecule has 4 aliphatic heterocycles. The number of piperidine rings is 4. The first-order chi connectivity index (χ1) is 55.7. The van der Waals surface area contributed by atoms with Crippen molar-refractivity contribution in [2.24, 2.45) is 17.8 Å². The lowest BCUT2D eigenvalue weighted by Gasteiger charge is -2.33. The summed E-state index contributed by atoms with van der Waals surface area (Å²) >= 11 is 24.5. The molecule has 8 aromatic carbocycles. The lowest BCUT2D eigenvalue weighted by atomic mass is 9.85. The average molecular weight is 1720 g/mol. The standard InChI is InChI=1S/C26H24F3N3O.C25H31NO2S.C21H21Cl2NO2S.C20H19Cl2FN2O2S/c1-17-6-5-9-22-20(17)10-11-21(22)18-12-14-31(15-13-18)25(33)23-16-30-32(24(23)26(27,28)29)19-7-3-2-4-8-19;1-18-6-5-7-24-22(18)12-13-23(24)19-14-16-26(17-15-19)29(27,28)21-10-8-20(9-11-21)25(2,3)4;1-14-4-2-5-18-16(14)8-9-17(18)15-10-12-24(13-11-15)27(25,26)21-19(22)6-3-7-20(21)23;1-12-8-20(18(22)10-17(12)21)28(26,27)25-6-4-13(5-7-25)16-11-24-19-3-2-14(23)9-15(16)19/h2-9,11,16,18H,10,12-15H2,1H3;5-11,13,19H,12,14-17H2,1-4H3;2-7,9,15H,8,10-13H2,1H3;2-3,8-11,13,24H,4-7H2,1H3. The minimum atomic E-state index is -4.70. The van der Waals surface area contributed by atoms with Crippen molar-refractivity contribution in [3.05, 3.63) is 292 Å². The SMILES string of the molecule is Cc1cc(S(=O)(=O)N2CCC(c3c[nH]c4ccc(F)cc34)CC2)c(Cl)cc1Cl.Cc1cccc2c1CC=C2C1CCN(C(=O)c2cnn(-c3ccccc3)c2C(F)(F)F)CC1.Cc1cccc2c1CC=C2C1CCN(S(=O)(=O)c2c(Cl)cccc2Cl)CC1.Cc1cccc2c1CC=C2C1CCN(S(=O)(=O)c2ccc(C(C)(C)C)cc2)CC1. The lowest BCUT2D eigenvalue weighted by molar-refractivity contribution is -0.143. The van der Waals surface area contributed by atoms with Crippen LogP contribution in [0.3, 0.4) is 0 Å². The van der Waals surface area contributed by atoms with E-state index >= 15 is 0 Å². The van der Waals surface area contributed by atoms with Crippen LogP contribution < -0.4 is 0 Å². The Labute approximate surface area is 704 Å². The molecule has 2 aromatic heterocycles. The molecule has 0 spiro atoms. The zero-order valence-electron chi connectivity index (χ0n) is 66.4. The normalized spacial score (nSPS) is 17.5. The van der Waals surface area contributed by atoms with Gasteiger partial charge in [-0.15, -0.1) is 0 Å². The zero-order valence-corrected chi connectivity index (χ0v) is 71.9. The first kappa shape index (κ1) is 85.2. The summed E-state index contributed by atoms with van der Waals surface area (Å²) in [6.45, 7) is 18.4. The highest BCUT2D eigenvalue weighted by Crippen LogP contribution is 2.46. The number of para-hydroxylation sites is 1. The van der Waals surface area contributed by atoms with Crippen molar-refractivity contribution in [2.75, 3.05) is 52.4 Å². The number of aromatic nitrogens is 3. The second-order valence-corrected chi connectivity index (χ2v) is 39.8. The van der Waals surface area contributed by atoms with E-state index in [-0.39, 0.29) is 47.7 Å². The monoisotopic (exact) mass is 1720 g/mol. The maximum absolute atomic E-state index is 14.0. The third-order valence-electron chi connectivity index (χ3n) is 24.3. The molecule has 0 atom stereocenters. The largest absolute Gasteiger partial charge is 0.434 e. The fraction of sp³-hybridized carbons (Fsp3) is 0.348. The third kappa shape index (κ3) is 17.9. The minimum absolute atomic E-state index is 0.0181. The summed E-state index contributed by atoms with van der Waals surface area (Å²) in [6, 6.07) is 47.3. The second-order valence-electron chi connectivity index (χ2n) is 32.4. The number of rotatable bonds is 12. The number of H-pyrrole nitrogens is 1. The van der Waals surface area contributed by atoms with Gasteiger partial charge in [-0.05, 0) is 278 Å². The summed E-state index contributed by atoms with van der Waals surface area (Å²) in [5, 5.41) is 5.69. The number of alkyl halides is 3. The highest BCUT2D eigenvalue weighted by atomic mass is 35.5. The van der Waals surface area contributed by atoms with Crippen molar-refractivity contribution < 1.29 is 47.6 Å². The van der Waals surface area contributed by atoms with Crippen LogP contribution in [0.1, 0.15) is 161 Å². The number of hydrogen-bond acceptors (Lipinski definition) is 8.